The molecule has 0 aliphatic heterocycles. The molecule has 0 saturated heterocycles. The summed E-state index contributed by atoms with van der Waals surface area (Å²) in [6.45, 7) is 1.92. The van der Waals surface area contributed by atoms with Crippen LogP contribution in [0.2, 0.25) is 0 Å². The Morgan fingerprint density at radius 2 is 2.06 bits per heavy atom. The number of nitrogen functional groups attached to an aromatic ring is 1. The number of nitrogens with one attached hydrogen (secondary N) is 1. The quantitative estimate of drug-likeness (QED) is 0.641. The van der Waals surface area contributed by atoms with Gasteiger partial charge in [-0.1, -0.05) is 6.07 Å². The highest BCUT2D eigenvalue weighted by Gasteiger charge is 2.11. The van der Waals surface area contributed by atoms with E-state index in [0.717, 1.165) is 15.6 Å². The van der Waals surface area contributed by atoms with Crippen LogP contribution in [0.3, 0.4) is 0 Å². The Balaban J connectivity index is 2.40. The molecule has 0 radical (unpaired) electrons. The zero-order valence-electron chi connectivity index (χ0n) is 9.34. The molecule has 2 aromatic heterocycles. The molecule has 0 aliphatic carbocycles. The van der Waals surface area contributed by atoms with Gasteiger partial charge in [-0.05, 0) is 42.4 Å². The largest absolute Gasteiger partial charge is 0.384 e. The third-order valence-electron chi connectivity index (χ3n) is 2.23. The predicted molar refractivity (Wildman–Crippen MR) is 68.4 cm³/mol. The maximum absolute atomic E-state index is 7.59. The molecular formula is C12H12N4S. The van der Waals surface area contributed by atoms with Crippen molar-refractivity contribution in [2.75, 3.05) is 0 Å². The van der Waals surface area contributed by atoms with Crippen LogP contribution in [-0.2, 0) is 0 Å². The van der Waals surface area contributed by atoms with E-state index in [2.05, 4.69) is 9.97 Å². The lowest BCUT2D eigenvalue weighted by atomic mass is 10.1. The number of hydrogen-bond donors (Lipinski definition) is 2. The highest BCUT2D eigenvalue weighted by atomic mass is 32.2. The van der Waals surface area contributed by atoms with Crippen LogP contribution < -0.4 is 5.73 Å². The van der Waals surface area contributed by atoms with Crippen molar-refractivity contribution in [1.29, 1.82) is 5.41 Å². The molecule has 2 rings (SSSR count). The van der Waals surface area contributed by atoms with Crippen LogP contribution in [0.1, 0.15) is 11.1 Å². The van der Waals surface area contributed by atoms with Crippen molar-refractivity contribution < 1.29 is 0 Å². The number of aryl methyl sites for hydroxylation is 1. The van der Waals surface area contributed by atoms with Crippen LogP contribution >= 0.6 is 11.8 Å². The van der Waals surface area contributed by atoms with Crippen molar-refractivity contribution in [1.82, 2.24) is 9.97 Å². The Labute approximate surface area is 104 Å². The van der Waals surface area contributed by atoms with Crippen LogP contribution in [0, 0.1) is 12.3 Å². The van der Waals surface area contributed by atoms with Crippen molar-refractivity contribution in [2.24, 2.45) is 5.73 Å². The number of amidine groups is 1. The monoisotopic (exact) mass is 244 g/mol. The van der Waals surface area contributed by atoms with E-state index in [-0.39, 0.29) is 5.84 Å². The van der Waals surface area contributed by atoms with E-state index in [1.807, 2.05) is 31.2 Å². The molecule has 0 aromatic carbocycles. The molecule has 0 fully saturated rings. The van der Waals surface area contributed by atoms with Gasteiger partial charge in [-0.25, -0.2) is 9.97 Å². The fourth-order valence-electron chi connectivity index (χ4n) is 1.44. The summed E-state index contributed by atoms with van der Waals surface area (Å²) in [4.78, 5) is 8.47. The average molecular weight is 244 g/mol. The summed E-state index contributed by atoms with van der Waals surface area (Å²) in [6, 6.07) is 7.52. The summed E-state index contributed by atoms with van der Waals surface area (Å²) in [6.07, 6.45) is 3.44. The van der Waals surface area contributed by atoms with Crippen molar-refractivity contribution >= 4 is 17.6 Å². The minimum absolute atomic E-state index is 0.0361. The van der Waals surface area contributed by atoms with Crippen molar-refractivity contribution in [2.45, 2.75) is 17.0 Å². The maximum Gasteiger partial charge on any atom is 0.125 e. The lowest BCUT2D eigenvalue weighted by molar-refractivity contribution is 1.07. The van der Waals surface area contributed by atoms with E-state index in [0.29, 0.717) is 5.56 Å². The molecule has 4 nitrogen and oxygen atoms in total. The van der Waals surface area contributed by atoms with Crippen LogP contribution in [0.15, 0.2) is 46.7 Å². The normalized spacial score (nSPS) is 10.2. The SMILES string of the molecule is Cc1ccnc(Sc2ccccn2)c1C(=N)N. The average Bonchev–Trinajstić information content (AvgIpc) is 2.30. The van der Waals surface area contributed by atoms with Crippen LogP contribution in [0.25, 0.3) is 0 Å². The molecule has 2 aromatic rings. The molecule has 0 unspecified atom stereocenters. The van der Waals surface area contributed by atoms with E-state index in [4.69, 9.17) is 11.1 Å². The van der Waals surface area contributed by atoms with Gasteiger partial charge in [0.2, 0.25) is 0 Å². The number of aromatic nitrogens is 2. The molecule has 0 amide bonds. The molecule has 0 saturated carbocycles. The minimum atomic E-state index is 0.0361. The molecular weight excluding hydrogens is 232 g/mol. The molecule has 86 valence electrons. The summed E-state index contributed by atoms with van der Waals surface area (Å²) in [7, 11) is 0. The molecule has 5 heteroatoms. The second-order valence-electron chi connectivity index (χ2n) is 3.49. The lowest BCUT2D eigenvalue weighted by Crippen LogP contribution is -2.14. The van der Waals surface area contributed by atoms with Gasteiger partial charge in [0.1, 0.15) is 15.9 Å². The minimum Gasteiger partial charge on any atom is -0.384 e. The van der Waals surface area contributed by atoms with E-state index in [1.165, 1.54) is 11.8 Å². The van der Waals surface area contributed by atoms with Gasteiger partial charge < -0.3 is 5.73 Å². The smallest absolute Gasteiger partial charge is 0.125 e. The standard InChI is InChI=1S/C12H12N4S/c1-8-5-7-16-12(10(8)11(13)14)17-9-4-2-3-6-15-9/h2-7H,1H3,(H3,13,14). The Bertz CT molecular complexity index is 539. The maximum atomic E-state index is 7.59. The Morgan fingerprint density at radius 1 is 1.24 bits per heavy atom. The fourth-order valence-corrected chi connectivity index (χ4v) is 2.39. The second-order valence-corrected chi connectivity index (χ2v) is 4.50. The molecule has 3 N–H and O–H groups in total. The third-order valence-corrected chi connectivity index (χ3v) is 3.19. The highest BCUT2D eigenvalue weighted by molar-refractivity contribution is 7.99. The van der Waals surface area contributed by atoms with Crippen LogP contribution in [0.4, 0.5) is 0 Å². The zero-order valence-corrected chi connectivity index (χ0v) is 10.2. The van der Waals surface area contributed by atoms with Crippen LogP contribution in [-0.4, -0.2) is 15.8 Å². The first-order valence-corrected chi connectivity index (χ1v) is 5.89. The zero-order chi connectivity index (χ0) is 12.3. The number of nitrogens with zero attached hydrogens (tertiary/aromatic N) is 2. The third kappa shape index (κ3) is 2.62. The Morgan fingerprint density at radius 3 is 2.71 bits per heavy atom. The topological polar surface area (TPSA) is 75.7 Å². The van der Waals surface area contributed by atoms with E-state index >= 15 is 0 Å². The summed E-state index contributed by atoms with van der Waals surface area (Å²) in [5.74, 6) is 0.0361. The number of rotatable bonds is 3. The van der Waals surface area contributed by atoms with E-state index in [1.54, 1.807) is 12.4 Å². The number of nitrogens with two attached hydrogens (primary N) is 1. The lowest BCUT2D eigenvalue weighted by Gasteiger charge is -2.08. The van der Waals surface area contributed by atoms with Crippen molar-refractivity contribution in [3.8, 4) is 0 Å². The van der Waals surface area contributed by atoms with Gasteiger partial charge in [0, 0.05) is 12.4 Å². The van der Waals surface area contributed by atoms with Gasteiger partial charge >= 0.3 is 0 Å². The first kappa shape index (κ1) is 11.6. The van der Waals surface area contributed by atoms with Gasteiger partial charge in [0.05, 0.1) is 5.56 Å². The summed E-state index contributed by atoms with van der Waals surface area (Å²) >= 11 is 1.41. The molecule has 0 aliphatic rings. The van der Waals surface area contributed by atoms with Gasteiger partial charge in [-0.3, -0.25) is 5.41 Å². The molecule has 17 heavy (non-hydrogen) atoms. The Kier molecular flexibility index (Phi) is 3.39. The molecule has 2 heterocycles. The predicted octanol–water partition coefficient (Wildman–Crippen LogP) is 2.22. The summed E-state index contributed by atoms with van der Waals surface area (Å²) in [5.41, 5.74) is 7.21. The fraction of sp³-hybridized carbons (Fsp3) is 0.0833. The van der Waals surface area contributed by atoms with Crippen molar-refractivity contribution in [3.05, 3.63) is 47.8 Å². The number of hydrogen-bond acceptors (Lipinski definition) is 4. The van der Waals surface area contributed by atoms with Crippen molar-refractivity contribution in [3.63, 3.8) is 0 Å². The van der Waals surface area contributed by atoms with Gasteiger partial charge in [-0.15, -0.1) is 0 Å². The Hall–Kier alpha value is -1.88. The first-order chi connectivity index (χ1) is 8.18. The number of pyridine rings is 2. The van der Waals surface area contributed by atoms with Gasteiger partial charge in [-0.2, -0.15) is 0 Å². The van der Waals surface area contributed by atoms with E-state index < -0.39 is 0 Å². The highest BCUT2D eigenvalue weighted by Crippen LogP contribution is 2.28. The summed E-state index contributed by atoms with van der Waals surface area (Å²) in [5, 5.41) is 9.15. The molecule has 0 spiro atoms. The van der Waals surface area contributed by atoms with Gasteiger partial charge in [0.15, 0.2) is 0 Å². The molecule has 0 atom stereocenters. The second kappa shape index (κ2) is 4.97. The summed E-state index contributed by atoms with van der Waals surface area (Å²) < 4.78 is 0. The van der Waals surface area contributed by atoms with Gasteiger partial charge in [0.25, 0.3) is 0 Å². The molecule has 0 bridgehead atoms. The van der Waals surface area contributed by atoms with Crippen LogP contribution in [0.5, 0.6) is 0 Å². The van der Waals surface area contributed by atoms with E-state index in [9.17, 15) is 0 Å². The first-order valence-electron chi connectivity index (χ1n) is 5.07.